The van der Waals surface area contributed by atoms with Crippen molar-refractivity contribution in [2.75, 3.05) is 11.4 Å². The van der Waals surface area contributed by atoms with Gasteiger partial charge in [-0.1, -0.05) is 30.3 Å². The molecule has 0 saturated heterocycles. The minimum Gasteiger partial charge on any atom is -0.364 e. The fraction of sp³-hybridized carbons (Fsp3) is 0.185. The topological polar surface area (TPSA) is 93.1 Å². The second-order valence-electron chi connectivity index (χ2n) is 8.76. The first-order valence-electron chi connectivity index (χ1n) is 11.5. The van der Waals surface area contributed by atoms with Gasteiger partial charge in [0, 0.05) is 31.0 Å². The number of aromatic amines is 1. The number of imidazole rings is 1. The smallest absolute Gasteiger partial charge is 0.243 e. The number of nitriles is 1. The van der Waals surface area contributed by atoms with E-state index in [1.807, 2.05) is 12.1 Å². The zero-order chi connectivity index (χ0) is 25.1. The van der Waals surface area contributed by atoms with Gasteiger partial charge in [0.1, 0.15) is 5.82 Å². The molecule has 0 saturated carbocycles. The molecule has 0 bridgehead atoms. The molecule has 2 heterocycles. The molecule has 3 aromatic carbocycles. The zero-order valence-electron chi connectivity index (χ0n) is 19.8. The van der Waals surface area contributed by atoms with E-state index in [1.165, 1.54) is 16.4 Å². The molecule has 1 unspecified atom stereocenters. The van der Waals surface area contributed by atoms with E-state index in [0.29, 0.717) is 30.6 Å². The molecule has 4 aromatic rings. The Morgan fingerprint density at radius 3 is 2.54 bits per heavy atom. The predicted octanol–water partition coefficient (Wildman–Crippen LogP) is 4.66. The minimum atomic E-state index is -3.88. The van der Waals surface area contributed by atoms with Gasteiger partial charge in [0.2, 0.25) is 10.0 Å². The van der Waals surface area contributed by atoms with E-state index < -0.39 is 16.1 Å². The number of hydrogen-bond acceptors (Lipinski definition) is 5. The quantitative estimate of drug-likeness (QED) is 0.370. The van der Waals surface area contributed by atoms with Crippen LogP contribution in [0.1, 0.15) is 22.4 Å². The van der Waals surface area contributed by atoms with Gasteiger partial charge in [-0.05, 0) is 60.0 Å². The van der Waals surface area contributed by atoms with Crippen LogP contribution in [0.2, 0.25) is 0 Å². The molecule has 0 spiro atoms. The van der Waals surface area contributed by atoms with Gasteiger partial charge in [-0.2, -0.15) is 9.57 Å². The van der Waals surface area contributed by atoms with Gasteiger partial charge in [-0.25, -0.2) is 17.8 Å². The summed E-state index contributed by atoms with van der Waals surface area (Å²) >= 11 is 0. The standard InChI is InChI=1S/C27H24FN5O2S.ClH/c28-23-9-6-20(7-10-23)16-33(36(34,35)26-4-2-1-3-5-26)25-13-22-12-21(14-29)8-11-27(22)32(18-25)17-24-15-30-19-31-24;/h1-12,15,19,25H,13,16-18H2,(H,30,31);1H. The first-order valence-corrected chi connectivity index (χ1v) is 12.9. The fourth-order valence-corrected chi connectivity index (χ4v) is 6.25. The Morgan fingerprint density at radius 1 is 1.11 bits per heavy atom. The highest BCUT2D eigenvalue weighted by Crippen LogP contribution is 2.33. The lowest BCUT2D eigenvalue weighted by Gasteiger charge is -2.40. The summed E-state index contributed by atoms with van der Waals surface area (Å²) in [5.74, 6) is -0.377. The average Bonchev–Trinajstić information content (AvgIpc) is 3.41. The number of aromatic nitrogens is 2. The third-order valence-electron chi connectivity index (χ3n) is 6.36. The maximum Gasteiger partial charge on any atom is 0.243 e. The number of halogens is 2. The lowest BCUT2D eigenvalue weighted by molar-refractivity contribution is 0.302. The van der Waals surface area contributed by atoms with Crippen LogP contribution in [-0.2, 0) is 29.5 Å². The van der Waals surface area contributed by atoms with E-state index >= 15 is 0 Å². The molecule has 190 valence electrons. The summed E-state index contributed by atoms with van der Waals surface area (Å²) < 4.78 is 42.9. The molecule has 0 fully saturated rings. The van der Waals surface area contributed by atoms with Crippen molar-refractivity contribution < 1.29 is 12.8 Å². The predicted molar refractivity (Wildman–Crippen MR) is 141 cm³/mol. The van der Waals surface area contributed by atoms with Crippen LogP contribution in [0.5, 0.6) is 0 Å². The van der Waals surface area contributed by atoms with Crippen LogP contribution in [0.15, 0.2) is 90.2 Å². The third kappa shape index (κ3) is 5.67. The highest BCUT2D eigenvalue weighted by molar-refractivity contribution is 7.89. The summed E-state index contributed by atoms with van der Waals surface area (Å²) in [7, 11) is -3.88. The Labute approximate surface area is 221 Å². The number of sulfonamides is 1. The van der Waals surface area contributed by atoms with Crippen molar-refractivity contribution in [2.45, 2.75) is 30.4 Å². The van der Waals surface area contributed by atoms with Gasteiger partial charge in [0.05, 0.1) is 35.1 Å². The van der Waals surface area contributed by atoms with E-state index in [2.05, 4.69) is 20.9 Å². The van der Waals surface area contributed by atoms with E-state index in [-0.39, 0.29) is 29.7 Å². The molecule has 1 N–H and O–H groups in total. The summed E-state index contributed by atoms with van der Waals surface area (Å²) in [5.41, 5.74) is 3.96. The summed E-state index contributed by atoms with van der Waals surface area (Å²) in [6.07, 6.45) is 3.79. The number of nitrogens with one attached hydrogen (secondary N) is 1. The van der Waals surface area contributed by atoms with Crippen molar-refractivity contribution in [1.29, 1.82) is 5.26 Å². The number of benzene rings is 3. The van der Waals surface area contributed by atoms with Crippen LogP contribution in [-0.4, -0.2) is 35.3 Å². The van der Waals surface area contributed by atoms with Crippen LogP contribution >= 0.6 is 12.4 Å². The molecule has 0 amide bonds. The molecule has 37 heavy (non-hydrogen) atoms. The van der Waals surface area contributed by atoms with Crippen molar-refractivity contribution in [3.8, 4) is 6.07 Å². The Bertz CT molecular complexity index is 1490. The Kier molecular flexibility index (Phi) is 7.93. The first-order chi connectivity index (χ1) is 17.4. The summed E-state index contributed by atoms with van der Waals surface area (Å²) in [4.78, 5) is 9.52. The van der Waals surface area contributed by atoms with Crippen LogP contribution in [0.3, 0.4) is 0 Å². The number of rotatable bonds is 7. The van der Waals surface area contributed by atoms with Crippen LogP contribution in [0.25, 0.3) is 0 Å². The third-order valence-corrected chi connectivity index (χ3v) is 8.27. The van der Waals surface area contributed by atoms with Gasteiger partial charge < -0.3 is 9.88 Å². The van der Waals surface area contributed by atoms with Gasteiger partial charge in [-0.15, -0.1) is 12.4 Å². The van der Waals surface area contributed by atoms with Crippen molar-refractivity contribution in [1.82, 2.24) is 14.3 Å². The monoisotopic (exact) mass is 537 g/mol. The SMILES string of the molecule is Cl.N#Cc1ccc2c(c1)CC(N(Cc1ccc(F)cc1)S(=O)(=O)c1ccccc1)CN2Cc1cnc[nH]1. The van der Waals surface area contributed by atoms with Gasteiger partial charge in [-0.3, -0.25) is 0 Å². The van der Waals surface area contributed by atoms with Crippen molar-refractivity contribution in [3.05, 3.63) is 114 Å². The van der Waals surface area contributed by atoms with Gasteiger partial charge in [0.25, 0.3) is 0 Å². The molecule has 1 aromatic heterocycles. The number of anilines is 1. The molecular weight excluding hydrogens is 513 g/mol. The second-order valence-corrected chi connectivity index (χ2v) is 10.7. The lowest BCUT2D eigenvalue weighted by Crippen LogP contribution is -2.50. The van der Waals surface area contributed by atoms with Crippen molar-refractivity contribution in [2.24, 2.45) is 0 Å². The van der Waals surface area contributed by atoms with Crippen molar-refractivity contribution in [3.63, 3.8) is 0 Å². The molecule has 1 aliphatic rings. The highest BCUT2D eigenvalue weighted by atomic mass is 35.5. The highest BCUT2D eigenvalue weighted by Gasteiger charge is 2.36. The molecule has 7 nitrogen and oxygen atoms in total. The molecule has 10 heteroatoms. The molecule has 5 rings (SSSR count). The Morgan fingerprint density at radius 2 is 1.86 bits per heavy atom. The molecule has 0 radical (unpaired) electrons. The van der Waals surface area contributed by atoms with Crippen molar-refractivity contribution >= 4 is 28.1 Å². The van der Waals surface area contributed by atoms with Gasteiger partial charge in [0.15, 0.2) is 0 Å². The van der Waals surface area contributed by atoms with Crippen LogP contribution in [0.4, 0.5) is 10.1 Å². The van der Waals surface area contributed by atoms with E-state index in [9.17, 15) is 18.1 Å². The molecule has 1 aliphatic heterocycles. The number of nitrogens with zero attached hydrogens (tertiary/aromatic N) is 4. The zero-order valence-corrected chi connectivity index (χ0v) is 21.4. The molecule has 1 atom stereocenters. The second kappa shape index (κ2) is 11.1. The summed E-state index contributed by atoms with van der Waals surface area (Å²) in [6.45, 7) is 1.03. The fourth-order valence-electron chi connectivity index (χ4n) is 4.63. The average molecular weight is 538 g/mol. The van der Waals surface area contributed by atoms with E-state index in [0.717, 1.165) is 16.9 Å². The minimum absolute atomic E-state index is 0. The largest absolute Gasteiger partial charge is 0.364 e. The Hall–Kier alpha value is -3.71. The number of hydrogen-bond donors (Lipinski definition) is 1. The maximum absolute atomic E-state index is 13.9. The molecular formula is C27H25ClFN5O2S. The normalized spacial score (nSPS) is 15.1. The van der Waals surface area contributed by atoms with Crippen LogP contribution in [0, 0.1) is 17.1 Å². The van der Waals surface area contributed by atoms with Gasteiger partial charge >= 0.3 is 0 Å². The summed E-state index contributed by atoms with van der Waals surface area (Å²) in [5, 5.41) is 9.47. The first kappa shape index (κ1) is 26.4. The van der Waals surface area contributed by atoms with E-state index in [1.54, 1.807) is 61.1 Å². The lowest BCUT2D eigenvalue weighted by atomic mass is 9.95. The maximum atomic E-state index is 13.9. The van der Waals surface area contributed by atoms with E-state index in [4.69, 9.17) is 0 Å². The van der Waals surface area contributed by atoms with Crippen LogP contribution < -0.4 is 4.90 Å². The number of fused-ring (bicyclic) bond motifs is 1. The number of H-pyrrole nitrogens is 1. The molecule has 0 aliphatic carbocycles. The Balaban J connectivity index is 0.00000320. The summed E-state index contributed by atoms with van der Waals surface area (Å²) in [6, 6.07) is 21.5.